The fourth-order valence-electron chi connectivity index (χ4n) is 3.02. The zero-order valence-electron chi connectivity index (χ0n) is 16.1. The van der Waals surface area contributed by atoms with E-state index < -0.39 is 0 Å². The molecule has 0 radical (unpaired) electrons. The predicted octanol–water partition coefficient (Wildman–Crippen LogP) is 1.87. The van der Waals surface area contributed by atoms with E-state index in [1.807, 2.05) is 24.4 Å². The Kier molecular flexibility index (Phi) is 6.96. The fraction of sp³-hybridized carbons (Fsp3) is 0.421. The second kappa shape index (κ2) is 9.63. The number of nitrogens with zero attached hydrogens (tertiary/aromatic N) is 3. The molecule has 9 heteroatoms. The maximum Gasteiger partial charge on any atom is 0.238 e. The molecule has 1 fully saturated rings. The van der Waals surface area contributed by atoms with E-state index in [2.05, 4.69) is 25.4 Å². The molecule has 1 aliphatic heterocycles. The standard InChI is InChI=1S/C19H25N5O3S/c1-14(25)21-19-20-11-17(28-19)12-23-6-8-24(9-7-23)13-18(26)22-15-4-3-5-16(10-15)27-2/h3-5,10-11H,6-9,12-13H2,1-2H3,(H,22,26)(H,20,21,25). The lowest BCUT2D eigenvalue weighted by atomic mass is 10.3. The number of piperazine rings is 1. The summed E-state index contributed by atoms with van der Waals surface area (Å²) in [4.78, 5) is 33.2. The Bertz CT molecular complexity index is 817. The van der Waals surface area contributed by atoms with E-state index in [0.717, 1.165) is 49.0 Å². The van der Waals surface area contributed by atoms with Crippen LogP contribution in [-0.4, -0.2) is 66.4 Å². The molecule has 2 heterocycles. The van der Waals surface area contributed by atoms with E-state index in [-0.39, 0.29) is 11.8 Å². The molecule has 1 aromatic carbocycles. The van der Waals surface area contributed by atoms with Crippen LogP contribution in [0.1, 0.15) is 11.8 Å². The Labute approximate surface area is 168 Å². The van der Waals surface area contributed by atoms with Gasteiger partial charge in [0.2, 0.25) is 11.8 Å². The smallest absolute Gasteiger partial charge is 0.238 e. The number of hydrogen-bond donors (Lipinski definition) is 2. The van der Waals surface area contributed by atoms with Crippen molar-refractivity contribution in [2.24, 2.45) is 0 Å². The summed E-state index contributed by atoms with van der Waals surface area (Å²) in [5.41, 5.74) is 0.739. The third-order valence-corrected chi connectivity index (χ3v) is 5.30. The van der Waals surface area contributed by atoms with Crippen molar-refractivity contribution in [3.8, 4) is 5.75 Å². The Morgan fingerprint density at radius 2 is 1.93 bits per heavy atom. The SMILES string of the molecule is COc1cccc(NC(=O)CN2CCN(Cc3cnc(NC(C)=O)s3)CC2)c1. The summed E-state index contributed by atoms with van der Waals surface area (Å²) < 4.78 is 5.18. The van der Waals surface area contributed by atoms with Crippen LogP contribution < -0.4 is 15.4 Å². The Morgan fingerprint density at radius 1 is 1.18 bits per heavy atom. The number of benzene rings is 1. The molecule has 8 nitrogen and oxygen atoms in total. The molecule has 28 heavy (non-hydrogen) atoms. The molecule has 0 unspecified atom stereocenters. The minimum atomic E-state index is -0.110. The molecule has 0 atom stereocenters. The van der Waals surface area contributed by atoms with Gasteiger partial charge in [-0.25, -0.2) is 4.98 Å². The number of ether oxygens (including phenoxy) is 1. The summed E-state index contributed by atoms with van der Waals surface area (Å²) in [5, 5.41) is 6.26. The summed E-state index contributed by atoms with van der Waals surface area (Å²) >= 11 is 1.50. The molecule has 1 aromatic heterocycles. The minimum absolute atomic E-state index is 0.0240. The molecule has 1 aliphatic rings. The Balaban J connectivity index is 1.41. The van der Waals surface area contributed by atoms with E-state index >= 15 is 0 Å². The van der Waals surface area contributed by atoms with Gasteiger partial charge in [0.25, 0.3) is 0 Å². The number of methoxy groups -OCH3 is 1. The van der Waals surface area contributed by atoms with Crippen LogP contribution in [0.15, 0.2) is 30.5 Å². The number of rotatable bonds is 7. The normalized spacial score (nSPS) is 15.2. The molecule has 3 rings (SSSR count). The highest BCUT2D eigenvalue weighted by atomic mass is 32.1. The lowest BCUT2D eigenvalue weighted by molar-refractivity contribution is -0.117. The number of aromatic nitrogens is 1. The monoisotopic (exact) mass is 403 g/mol. The van der Waals surface area contributed by atoms with Crippen molar-refractivity contribution < 1.29 is 14.3 Å². The van der Waals surface area contributed by atoms with Gasteiger partial charge in [0.15, 0.2) is 5.13 Å². The summed E-state index contributed by atoms with van der Waals surface area (Å²) in [5.74, 6) is 0.585. The van der Waals surface area contributed by atoms with Crippen molar-refractivity contribution in [3.63, 3.8) is 0 Å². The highest BCUT2D eigenvalue weighted by molar-refractivity contribution is 7.15. The van der Waals surface area contributed by atoms with Gasteiger partial charge in [-0.15, -0.1) is 11.3 Å². The molecule has 2 amide bonds. The lowest BCUT2D eigenvalue weighted by Crippen LogP contribution is -2.48. The molecule has 0 saturated carbocycles. The number of carbonyl (C=O) groups is 2. The molecular weight excluding hydrogens is 378 g/mol. The third kappa shape index (κ3) is 6.01. The van der Waals surface area contributed by atoms with Crippen LogP contribution in [-0.2, 0) is 16.1 Å². The van der Waals surface area contributed by atoms with Gasteiger partial charge >= 0.3 is 0 Å². The van der Waals surface area contributed by atoms with E-state index in [9.17, 15) is 9.59 Å². The second-order valence-corrected chi connectivity index (χ2v) is 7.76. The summed E-state index contributed by atoms with van der Waals surface area (Å²) in [6.45, 7) is 6.11. The van der Waals surface area contributed by atoms with Crippen molar-refractivity contribution in [2.75, 3.05) is 50.5 Å². The van der Waals surface area contributed by atoms with Gasteiger partial charge in [-0.2, -0.15) is 0 Å². The number of anilines is 2. The van der Waals surface area contributed by atoms with Gasteiger partial charge < -0.3 is 15.4 Å². The molecule has 2 N–H and O–H groups in total. The highest BCUT2D eigenvalue weighted by Gasteiger charge is 2.20. The maximum atomic E-state index is 12.3. The number of thiazole rings is 1. The zero-order valence-corrected chi connectivity index (χ0v) is 16.9. The van der Waals surface area contributed by atoms with Gasteiger partial charge in [0.05, 0.1) is 13.7 Å². The first-order valence-electron chi connectivity index (χ1n) is 9.13. The lowest BCUT2D eigenvalue weighted by Gasteiger charge is -2.33. The number of amides is 2. The highest BCUT2D eigenvalue weighted by Crippen LogP contribution is 2.20. The van der Waals surface area contributed by atoms with Crippen LogP contribution >= 0.6 is 11.3 Å². The zero-order chi connectivity index (χ0) is 19.9. The molecule has 0 aliphatic carbocycles. The quantitative estimate of drug-likeness (QED) is 0.734. The van der Waals surface area contributed by atoms with Crippen molar-refractivity contribution >= 4 is 34.0 Å². The van der Waals surface area contributed by atoms with Gasteiger partial charge in [-0.05, 0) is 12.1 Å². The molecule has 1 saturated heterocycles. The van der Waals surface area contributed by atoms with Gasteiger partial charge in [0, 0.05) is 62.5 Å². The number of carbonyl (C=O) groups excluding carboxylic acids is 2. The predicted molar refractivity (Wildman–Crippen MR) is 110 cm³/mol. The van der Waals surface area contributed by atoms with E-state index in [0.29, 0.717) is 11.7 Å². The Morgan fingerprint density at radius 3 is 2.64 bits per heavy atom. The van der Waals surface area contributed by atoms with Gasteiger partial charge in [0.1, 0.15) is 5.75 Å². The molecule has 2 aromatic rings. The van der Waals surface area contributed by atoms with Crippen LogP contribution in [0.4, 0.5) is 10.8 Å². The summed E-state index contributed by atoms with van der Waals surface area (Å²) in [7, 11) is 1.60. The average Bonchev–Trinajstić information content (AvgIpc) is 3.09. The minimum Gasteiger partial charge on any atom is -0.497 e. The first-order valence-corrected chi connectivity index (χ1v) is 9.94. The van der Waals surface area contributed by atoms with Crippen molar-refractivity contribution in [3.05, 3.63) is 35.3 Å². The molecule has 0 bridgehead atoms. The summed E-state index contributed by atoms with van der Waals surface area (Å²) in [6.07, 6.45) is 1.81. The van der Waals surface area contributed by atoms with E-state index in [1.54, 1.807) is 13.2 Å². The fourth-order valence-corrected chi connectivity index (χ4v) is 3.92. The molecular formula is C19H25N5O3S. The largest absolute Gasteiger partial charge is 0.497 e. The van der Waals surface area contributed by atoms with Crippen LogP contribution in [0, 0.1) is 0 Å². The second-order valence-electron chi connectivity index (χ2n) is 6.65. The Hall–Kier alpha value is -2.49. The van der Waals surface area contributed by atoms with Crippen LogP contribution in [0.2, 0.25) is 0 Å². The number of nitrogens with one attached hydrogen (secondary N) is 2. The van der Waals surface area contributed by atoms with Gasteiger partial charge in [-0.3, -0.25) is 19.4 Å². The first kappa shape index (κ1) is 20.2. The average molecular weight is 404 g/mol. The van der Waals surface area contributed by atoms with Gasteiger partial charge in [-0.1, -0.05) is 6.07 Å². The third-order valence-electron chi connectivity index (χ3n) is 4.40. The van der Waals surface area contributed by atoms with Crippen molar-refractivity contribution in [1.82, 2.24) is 14.8 Å². The molecule has 0 spiro atoms. The van der Waals surface area contributed by atoms with Crippen LogP contribution in [0.3, 0.4) is 0 Å². The summed E-state index contributed by atoms with van der Waals surface area (Å²) in [6, 6.07) is 7.35. The molecule has 150 valence electrons. The van der Waals surface area contributed by atoms with Crippen LogP contribution in [0.5, 0.6) is 5.75 Å². The van der Waals surface area contributed by atoms with Crippen molar-refractivity contribution in [2.45, 2.75) is 13.5 Å². The van der Waals surface area contributed by atoms with Crippen molar-refractivity contribution in [1.29, 1.82) is 0 Å². The number of hydrogen-bond acceptors (Lipinski definition) is 7. The van der Waals surface area contributed by atoms with Crippen LogP contribution in [0.25, 0.3) is 0 Å². The van der Waals surface area contributed by atoms with E-state index in [1.165, 1.54) is 18.3 Å². The first-order chi connectivity index (χ1) is 13.5. The van der Waals surface area contributed by atoms with E-state index in [4.69, 9.17) is 4.74 Å². The maximum absolute atomic E-state index is 12.3. The topological polar surface area (TPSA) is 86.8 Å².